The fourth-order valence-corrected chi connectivity index (χ4v) is 3.95. The highest BCUT2D eigenvalue weighted by Crippen LogP contribution is 2.20. The second-order valence-electron chi connectivity index (χ2n) is 7.41. The Hall–Kier alpha value is -3.26. The second kappa shape index (κ2) is 8.40. The highest BCUT2D eigenvalue weighted by molar-refractivity contribution is 5.61. The van der Waals surface area contributed by atoms with E-state index >= 15 is 0 Å². The zero-order chi connectivity index (χ0) is 20.2. The molecule has 0 unspecified atom stereocenters. The Kier molecular flexibility index (Phi) is 5.53. The van der Waals surface area contributed by atoms with Crippen LogP contribution in [0, 0.1) is 6.92 Å². The van der Waals surface area contributed by atoms with Crippen LogP contribution < -0.4 is 9.13 Å². The molecule has 144 valence electrons. The molecule has 0 bridgehead atoms. The summed E-state index contributed by atoms with van der Waals surface area (Å²) >= 11 is 0. The summed E-state index contributed by atoms with van der Waals surface area (Å²) in [5.41, 5.74) is 9.05. The van der Waals surface area contributed by atoms with Crippen LogP contribution >= 0.6 is 0 Å². The molecule has 0 amide bonds. The number of para-hydroxylation sites is 2. The number of aryl methyl sites for hydroxylation is 3. The minimum absolute atomic E-state index is 1.04. The van der Waals surface area contributed by atoms with Gasteiger partial charge in [-0.25, -0.2) is 0 Å². The first kappa shape index (κ1) is 19.1. The van der Waals surface area contributed by atoms with E-state index < -0.39 is 0 Å². The Labute approximate surface area is 173 Å². The molecule has 4 rings (SSSR count). The van der Waals surface area contributed by atoms with Gasteiger partial charge in [-0.1, -0.05) is 50.2 Å². The highest BCUT2D eigenvalue weighted by Gasteiger charge is 2.16. The van der Waals surface area contributed by atoms with Crippen LogP contribution in [0.2, 0.25) is 0 Å². The Balaban J connectivity index is 1.65. The average Bonchev–Trinajstić information content (AvgIpc) is 2.79. The average molecular weight is 381 g/mol. The maximum absolute atomic E-state index is 2.26. The van der Waals surface area contributed by atoms with Gasteiger partial charge in [0.15, 0.2) is 24.8 Å². The number of hydrogen-bond donors (Lipinski definition) is 0. The predicted octanol–water partition coefficient (Wildman–Crippen LogP) is 5.34. The Morgan fingerprint density at radius 2 is 1.10 bits per heavy atom. The zero-order valence-electron chi connectivity index (χ0n) is 17.5. The summed E-state index contributed by atoms with van der Waals surface area (Å²) in [6, 6.07) is 23.9. The van der Waals surface area contributed by atoms with Crippen molar-refractivity contribution in [3.8, 4) is 22.5 Å². The van der Waals surface area contributed by atoms with Gasteiger partial charge in [-0.3, -0.25) is 0 Å². The Morgan fingerprint density at radius 3 is 1.62 bits per heavy atom. The van der Waals surface area contributed by atoms with Crippen molar-refractivity contribution in [3.63, 3.8) is 0 Å². The minimum atomic E-state index is 1.04. The van der Waals surface area contributed by atoms with Crippen LogP contribution in [0.1, 0.15) is 30.5 Å². The third kappa shape index (κ3) is 3.84. The van der Waals surface area contributed by atoms with Gasteiger partial charge in [-0.05, 0) is 30.9 Å². The minimum Gasteiger partial charge on any atom is -0.167 e. The molecule has 0 aliphatic carbocycles. The molecule has 0 saturated carbocycles. The van der Waals surface area contributed by atoms with Gasteiger partial charge in [0, 0.05) is 47.0 Å². The van der Waals surface area contributed by atoms with Crippen LogP contribution in [0.4, 0.5) is 0 Å². The van der Waals surface area contributed by atoms with E-state index in [1.165, 1.54) is 39.2 Å². The van der Waals surface area contributed by atoms with Crippen molar-refractivity contribution >= 4 is 0 Å². The molecular weight excluding hydrogens is 352 g/mol. The summed E-state index contributed by atoms with van der Waals surface area (Å²) in [5, 5.41) is 0. The molecule has 29 heavy (non-hydrogen) atoms. The monoisotopic (exact) mass is 380 g/mol. The van der Waals surface area contributed by atoms with E-state index in [0.29, 0.717) is 0 Å². The lowest BCUT2D eigenvalue weighted by atomic mass is 10.0. The maximum atomic E-state index is 2.26. The maximum Gasteiger partial charge on any atom is 0.216 e. The van der Waals surface area contributed by atoms with Crippen LogP contribution in [-0.4, -0.2) is 0 Å². The molecule has 0 spiro atoms. The van der Waals surface area contributed by atoms with E-state index in [9.17, 15) is 0 Å². The molecule has 0 fully saturated rings. The third-order valence-corrected chi connectivity index (χ3v) is 5.61. The van der Waals surface area contributed by atoms with Crippen LogP contribution in [-0.2, 0) is 12.8 Å². The second-order valence-corrected chi connectivity index (χ2v) is 7.41. The molecule has 2 nitrogen and oxygen atoms in total. The fraction of sp³-hybridized carbons (Fsp3) is 0.185. The van der Waals surface area contributed by atoms with Crippen molar-refractivity contribution in [3.05, 3.63) is 108 Å². The summed E-state index contributed by atoms with van der Waals surface area (Å²) in [7, 11) is 0. The van der Waals surface area contributed by atoms with Gasteiger partial charge in [0.1, 0.15) is 0 Å². The van der Waals surface area contributed by atoms with E-state index in [1.807, 2.05) is 0 Å². The van der Waals surface area contributed by atoms with Gasteiger partial charge >= 0.3 is 0 Å². The van der Waals surface area contributed by atoms with Crippen molar-refractivity contribution in [1.82, 2.24) is 0 Å². The lowest BCUT2D eigenvalue weighted by Gasteiger charge is -2.08. The molecule has 0 aliphatic heterocycles. The van der Waals surface area contributed by atoms with Crippen molar-refractivity contribution in [1.29, 1.82) is 0 Å². The number of pyridine rings is 2. The number of rotatable bonds is 5. The molecule has 2 heterocycles. The van der Waals surface area contributed by atoms with Gasteiger partial charge in [-0.2, -0.15) is 9.13 Å². The van der Waals surface area contributed by atoms with Gasteiger partial charge in [0.2, 0.25) is 11.4 Å². The Morgan fingerprint density at radius 1 is 0.586 bits per heavy atom. The summed E-state index contributed by atoms with van der Waals surface area (Å²) in [4.78, 5) is 0. The smallest absolute Gasteiger partial charge is 0.167 e. The summed E-state index contributed by atoms with van der Waals surface area (Å²) < 4.78 is 4.44. The molecule has 0 atom stereocenters. The predicted molar refractivity (Wildman–Crippen MR) is 118 cm³/mol. The first-order chi connectivity index (χ1) is 14.2. The standard InChI is InChI=1S/C27H28N2/c1-4-22-10-8-11-23(5-2)27(22)29-19-15-25(16-20-29)24-13-17-28(18-14-24)26-12-7-6-9-21(26)3/h6-20H,4-5H2,1-3H3/q+2. The number of nitrogens with zero attached hydrogens (tertiary/aromatic N) is 2. The first-order valence-electron chi connectivity index (χ1n) is 10.4. The molecule has 2 heteroatoms. The number of aromatic nitrogens is 2. The van der Waals surface area contributed by atoms with Gasteiger partial charge in [-0.15, -0.1) is 0 Å². The molecule has 2 aromatic carbocycles. The zero-order valence-corrected chi connectivity index (χ0v) is 17.5. The topological polar surface area (TPSA) is 7.76 Å². The SMILES string of the molecule is CCc1cccc(CC)c1-[n+]1ccc(-c2cc[n+](-c3ccccc3C)cc2)cc1. The third-order valence-electron chi connectivity index (χ3n) is 5.61. The summed E-state index contributed by atoms with van der Waals surface area (Å²) in [6.07, 6.45) is 10.7. The molecule has 0 aliphatic rings. The van der Waals surface area contributed by atoms with Crippen LogP contribution in [0.3, 0.4) is 0 Å². The van der Waals surface area contributed by atoms with E-state index in [1.54, 1.807) is 0 Å². The van der Waals surface area contributed by atoms with E-state index in [4.69, 9.17) is 0 Å². The molecule has 0 saturated heterocycles. The van der Waals surface area contributed by atoms with Crippen molar-refractivity contribution in [2.24, 2.45) is 0 Å². The molecule has 2 aromatic heterocycles. The summed E-state index contributed by atoms with van der Waals surface area (Å²) in [5.74, 6) is 0. The lowest BCUT2D eigenvalue weighted by Crippen LogP contribution is -2.32. The molecule has 0 N–H and O–H groups in total. The van der Waals surface area contributed by atoms with Crippen molar-refractivity contribution < 1.29 is 9.13 Å². The normalized spacial score (nSPS) is 10.9. The molecule has 0 radical (unpaired) electrons. The van der Waals surface area contributed by atoms with Crippen LogP contribution in [0.15, 0.2) is 91.5 Å². The quantitative estimate of drug-likeness (QED) is 0.413. The van der Waals surface area contributed by atoms with Gasteiger partial charge < -0.3 is 0 Å². The largest absolute Gasteiger partial charge is 0.216 e. The van der Waals surface area contributed by atoms with Crippen molar-refractivity contribution in [2.45, 2.75) is 33.6 Å². The molecular formula is C27H28N2+2. The Bertz CT molecular complexity index is 1090. The van der Waals surface area contributed by atoms with Crippen LogP contribution in [0.5, 0.6) is 0 Å². The van der Waals surface area contributed by atoms with Gasteiger partial charge in [0.25, 0.3) is 0 Å². The lowest BCUT2D eigenvalue weighted by molar-refractivity contribution is -0.596. The van der Waals surface area contributed by atoms with E-state index in [-0.39, 0.29) is 0 Å². The number of hydrogen-bond acceptors (Lipinski definition) is 0. The van der Waals surface area contributed by atoms with Gasteiger partial charge in [0.05, 0.1) is 0 Å². The van der Waals surface area contributed by atoms with E-state index in [2.05, 4.69) is 121 Å². The highest BCUT2D eigenvalue weighted by atomic mass is 14.9. The molecule has 4 aromatic rings. The summed E-state index contributed by atoms with van der Waals surface area (Å²) in [6.45, 7) is 6.59. The number of benzene rings is 2. The van der Waals surface area contributed by atoms with E-state index in [0.717, 1.165) is 12.8 Å². The van der Waals surface area contributed by atoms with Crippen molar-refractivity contribution in [2.75, 3.05) is 0 Å². The fourth-order valence-electron chi connectivity index (χ4n) is 3.95. The van der Waals surface area contributed by atoms with Crippen LogP contribution in [0.25, 0.3) is 22.5 Å². The first-order valence-corrected chi connectivity index (χ1v) is 10.4.